The molecule has 0 amide bonds. The zero-order chi connectivity index (χ0) is 15.5. The monoisotopic (exact) mass is 339 g/mol. The molecular weight excluding hydrogens is 318 g/mol. The lowest BCUT2D eigenvalue weighted by molar-refractivity contribution is 0.329. The first-order chi connectivity index (χ1) is 9.11. The van der Waals surface area contributed by atoms with Gasteiger partial charge in [-0.2, -0.15) is 0 Å². The highest BCUT2D eigenvalue weighted by Gasteiger charge is 2.25. The standard InChI is InChI=1S/C12H22ClN3O2S2/c1-8(2)6-10(7-16(4)5)15-20(17,18)11-9(3)14-12(13)19-11/h8,10,15H,6-7H2,1-5H3. The second kappa shape index (κ2) is 7.17. The van der Waals surface area contributed by atoms with E-state index in [9.17, 15) is 8.42 Å². The molecule has 0 spiro atoms. The number of hydrogen-bond donors (Lipinski definition) is 1. The Morgan fingerprint density at radius 2 is 2.00 bits per heavy atom. The van der Waals surface area contributed by atoms with E-state index in [1.807, 2.05) is 19.0 Å². The molecule has 1 unspecified atom stereocenters. The summed E-state index contributed by atoms with van der Waals surface area (Å²) >= 11 is 6.78. The number of halogens is 1. The Bertz CT molecular complexity index is 531. The summed E-state index contributed by atoms with van der Waals surface area (Å²) in [4.78, 5) is 5.94. The topological polar surface area (TPSA) is 62.3 Å². The number of nitrogens with zero attached hydrogens (tertiary/aromatic N) is 2. The summed E-state index contributed by atoms with van der Waals surface area (Å²) in [7, 11) is 0.288. The number of aromatic nitrogens is 1. The van der Waals surface area contributed by atoms with Gasteiger partial charge in [0.2, 0.25) is 0 Å². The maximum Gasteiger partial charge on any atom is 0.252 e. The van der Waals surface area contributed by atoms with Crippen molar-refractivity contribution >= 4 is 33.0 Å². The molecule has 116 valence electrons. The van der Waals surface area contributed by atoms with E-state index in [1.54, 1.807) is 6.92 Å². The normalized spacial score (nSPS) is 14.2. The molecule has 1 atom stereocenters. The quantitative estimate of drug-likeness (QED) is 0.828. The van der Waals surface area contributed by atoms with E-state index in [0.29, 0.717) is 18.2 Å². The molecule has 0 aliphatic heterocycles. The summed E-state index contributed by atoms with van der Waals surface area (Å²) in [6.07, 6.45) is 0.781. The molecule has 0 aliphatic rings. The van der Waals surface area contributed by atoms with Crippen molar-refractivity contribution in [2.45, 2.75) is 37.4 Å². The first kappa shape index (κ1) is 17.8. The second-order valence-electron chi connectivity index (χ2n) is 5.55. The molecule has 0 radical (unpaired) electrons. The Hall–Kier alpha value is -0.210. The minimum Gasteiger partial charge on any atom is -0.308 e. The van der Waals surface area contributed by atoms with E-state index in [1.165, 1.54) is 0 Å². The summed E-state index contributed by atoms with van der Waals surface area (Å²) in [5, 5.41) is 0. The van der Waals surface area contributed by atoms with Crippen LogP contribution in [0, 0.1) is 12.8 Å². The van der Waals surface area contributed by atoms with Gasteiger partial charge in [0.25, 0.3) is 10.0 Å². The first-order valence-electron chi connectivity index (χ1n) is 6.41. The van der Waals surface area contributed by atoms with E-state index in [2.05, 4.69) is 23.6 Å². The van der Waals surface area contributed by atoms with Crippen molar-refractivity contribution in [1.82, 2.24) is 14.6 Å². The van der Waals surface area contributed by atoms with Gasteiger partial charge in [-0.25, -0.2) is 18.1 Å². The summed E-state index contributed by atoms with van der Waals surface area (Å²) in [5.41, 5.74) is 0.445. The minimum atomic E-state index is -3.57. The third kappa shape index (κ3) is 5.29. The molecule has 5 nitrogen and oxygen atoms in total. The fraction of sp³-hybridized carbons (Fsp3) is 0.750. The third-order valence-electron chi connectivity index (χ3n) is 2.64. The number of nitrogens with one attached hydrogen (secondary N) is 1. The lowest BCUT2D eigenvalue weighted by Gasteiger charge is -2.23. The van der Waals surface area contributed by atoms with Crippen LogP contribution in [0.2, 0.25) is 4.47 Å². The molecule has 0 aromatic carbocycles. The predicted octanol–water partition coefficient (Wildman–Crippen LogP) is 2.36. The molecule has 1 aromatic rings. The fourth-order valence-electron chi connectivity index (χ4n) is 2.04. The van der Waals surface area contributed by atoms with Gasteiger partial charge in [0.15, 0.2) is 8.68 Å². The molecule has 1 rings (SSSR count). The Labute approximate surface area is 130 Å². The van der Waals surface area contributed by atoms with Gasteiger partial charge in [0, 0.05) is 12.6 Å². The van der Waals surface area contributed by atoms with Crippen molar-refractivity contribution in [3.63, 3.8) is 0 Å². The highest BCUT2D eigenvalue weighted by atomic mass is 35.5. The van der Waals surface area contributed by atoms with Gasteiger partial charge in [-0.1, -0.05) is 36.8 Å². The largest absolute Gasteiger partial charge is 0.308 e. The number of likely N-dealkylation sites (N-methyl/N-ethyl adjacent to an activating group) is 1. The average molecular weight is 340 g/mol. The molecule has 8 heteroatoms. The minimum absolute atomic E-state index is 0.129. The molecule has 0 bridgehead atoms. The summed E-state index contributed by atoms with van der Waals surface area (Å²) in [5.74, 6) is 0.411. The number of aryl methyl sites for hydroxylation is 1. The maximum absolute atomic E-state index is 12.4. The van der Waals surface area contributed by atoms with Crippen molar-refractivity contribution in [1.29, 1.82) is 0 Å². The van der Waals surface area contributed by atoms with Gasteiger partial charge in [-0.05, 0) is 33.4 Å². The lowest BCUT2D eigenvalue weighted by atomic mass is 10.0. The van der Waals surface area contributed by atoms with Crippen LogP contribution in [0.25, 0.3) is 0 Å². The van der Waals surface area contributed by atoms with Gasteiger partial charge in [-0.15, -0.1) is 0 Å². The molecule has 1 aromatic heterocycles. The molecule has 1 heterocycles. The Morgan fingerprint density at radius 3 is 2.40 bits per heavy atom. The predicted molar refractivity (Wildman–Crippen MR) is 84.0 cm³/mol. The number of rotatable bonds is 7. The highest BCUT2D eigenvalue weighted by molar-refractivity contribution is 7.91. The van der Waals surface area contributed by atoms with Crippen molar-refractivity contribution in [3.8, 4) is 0 Å². The Morgan fingerprint density at radius 1 is 1.40 bits per heavy atom. The van der Waals surface area contributed by atoms with Crippen LogP contribution >= 0.6 is 22.9 Å². The SMILES string of the molecule is Cc1nc(Cl)sc1S(=O)(=O)NC(CC(C)C)CN(C)C. The zero-order valence-corrected chi connectivity index (χ0v) is 14.9. The molecule has 0 saturated carbocycles. The van der Waals surface area contributed by atoms with Crippen LogP contribution in [0.4, 0.5) is 0 Å². The van der Waals surface area contributed by atoms with Gasteiger partial charge in [0.05, 0.1) is 5.69 Å². The second-order valence-corrected chi connectivity index (χ2v) is 9.04. The van der Waals surface area contributed by atoms with Crippen LogP contribution in [-0.2, 0) is 10.0 Å². The number of hydrogen-bond acceptors (Lipinski definition) is 5. The molecular formula is C12H22ClN3O2S2. The third-order valence-corrected chi connectivity index (χ3v) is 6.03. The van der Waals surface area contributed by atoms with Crippen molar-refractivity contribution < 1.29 is 8.42 Å². The molecule has 0 aliphatic carbocycles. The van der Waals surface area contributed by atoms with Crippen LogP contribution in [0.1, 0.15) is 26.0 Å². The van der Waals surface area contributed by atoms with Crippen molar-refractivity contribution in [2.24, 2.45) is 5.92 Å². The van der Waals surface area contributed by atoms with Crippen molar-refractivity contribution in [3.05, 3.63) is 10.2 Å². The van der Waals surface area contributed by atoms with Gasteiger partial charge < -0.3 is 4.90 Å². The fourth-order valence-corrected chi connectivity index (χ4v) is 5.04. The Balaban J connectivity index is 2.93. The van der Waals surface area contributed by atoms with Crippen LogP contribution in [0.15, 0.2) is 4.21 Å². The van der Waals surface area contributed by atoms with Crippen LogP contribution in [-0.4, -0.2) is 45.0 Å². The number of thiazole rings is 1. The average Bonchev–Trinajstić information content (AvgIpc) is 2.55. The smallest absolute Gasteiger partial charge is 0.252 e. The van der Waals surface area contributed by atoms with Crippen LogP contribution in [0.3, 0.4) is 0 Å². The molecule has 0 fully saturated rings. The van der Waals surface area contributed by atoms with Crippen LogP contribution in [0.5, 0.6) is 0 Å². The van der Waals surface area contributed by atoms with E-state index in [0.717, 1.165) is 17.8 Å². The van der Waals surface area contributed by atoms with Crippen molar-refractivity contribution in [2.75, 3.05) is 20.6 Å². The number of sulfonamides is 1. The summed E-state index contributed by atoms with van der Waals surface area (Å²) < 4.78 is 28.1. The zero-order valence-electron chi connectivity index (χ0n) is 12.5. The van der Waals surface area contributed by atoms with Gasteiger partial charge >= 0.3 is 0 Å². The molecule has 1 N–H and O–H groups in total. The first-order valence-corrected chi connectivity index (χ1v) is 9.09. The van der Waals surface area contributed by atoms with E-state index in [-0.39, 0.29) is 14.7 Å². The summed E-state index contributed by atoms with van der Waals surface area (Å²) in [6.45, 7) is 6.46. The van der Waals surface area contributed by atoms with E-state index < -0.39 is 10.0 Å². The Kier molecular flexibility index (Phi) is 6.40. The lowest BCUT2D eigenvalue weighted by Crippen LogP contribution is -2.42. The maximum atomic E-state index is 12.4. The summed E-state index contributed by atoms with van der Waals surface area (Å²) in [6, 6.07) is -0.129. The van der Waals surface area contributed by atoms with Crippen LogP contribution < -0.4 is 4.72 Å². The van der Waals surface area contributed by atoms with E-state index in [4.69, 9.17) is 11.6 Å². The van der Waals surface area contributed by atoms with Gasteiger partial charge in [0.1, 0.15) is 0 Å². The highest BCUT2D eigenvalue weighted by Crippen LogP contribution is 2.27. The van der Waals surface area contributed by atoms with Gasteiger partial charge in [-0.3, -0.25) is 0 Å². The van der Waals surface area contributed by atoms with E-state index >= 15 is 0 Å². The molecule has 20 heavy (non-hydrogen) atoms. The molecule has 0 saturated heterocycles.